The summed E-state index contributed by atoms with van der Waals surface area (Å²) >= 11 is 5.91. The number of benzene rings is 3. The number of hydrogen-bond acceptors (Lipinski definition) is 6. The van der Waals surface area contributed by atoms with Crippen LogP contribution in [0.5, 0.6) is 17.2 Å². The molecule has 0 spiro atoms. The van der Waals surface area contributed by atoms with Crippen LogP contribution in [0, 0.1) is 0 Å². The number of carbonyl (C=O) groups is 2. The first kappa shape index (κ1) is 22.8. The molecule has 32 heavy (non-hydrogen) atoms. The van der Waals surface area contributed by atoms with Crippen LogP contribution < -0.4 is 19.6 Å². The molecule has 1 N–H and O–H groups in total. The van der Waals surface area contributed by atoms with Gasteiger partial charge in [0.15, 0.2) is 6.10 Å². The molecule has 164 valence electrons. The smallest absolute Gasteiger partial charge is 0.343 e. The molecule has 3 aromatic rings. The van der Waals surface area contributed by atoms with Crippen molar-refractivity contribution in [2.45, 2.75) is 13.0 Å². The van der Waals surface area contributed by atoms with Crippen molar-refractivity contribution in [3.63, 3.8) is 0 Å². The Kier molecular flexibility index (Phi) is 7.83. The minimum atomic E-state index is -0.776. The normalized spacial score (nSPS) is 11.6. The van der Waals surface area contributed by atoms with E-state index in [4.69, 9.17) is 25.8 Å². The minimum absolute atomic E-state index is 0.346. The number of hydrogen-bond donors (Lipinski definition) is 1. The number of carbonyl (C=O) groups excluding carboxylic acids is 2. The summed E-state index contributed by atoms with van der Waals surface area (Å²) in [6.45, 7) is 1.60. The van der Waals surface area contributed by atoms with Gasteiger partial charge in [-0.25, -0.2) is 10.2 Å². The second kappa shape index (κ2) is 11.0. The number of rotatable bonds is 8. The Morgan fingerprint density at radius 1 is 0.969 bits per heavy atom. The summed E-state index contributed by atoms with van der Waals surface area (Å²) in [5, 5.41) is 4.45. The predicted molar refractivity (Wildman–Crippen MR) is 122 cm³/mol. The lowest BCUT2D eigenvalue weighted by atomic mass is 10.2. The van der Waals surface area contributed by atoms with Crippen LogP contribution in [-0.2, 0) is 4.79 Å². The van der Waals surface area contributed by atoms with Crippen molar-refractivity contribution in [3.8, 4) is 17.2 Å². The van der Waals surface area contributed by atoms with Gasteiger partial charge in [-0.1, -0.05) is 29.8 Å². The lowest BCUT2D eigenvalue weighted by Gasteiger charge is -2.12. The standard InChI is InChI=1S/C24H21ClN2O5/c1-16(31-22-8-4-6-19(25)14-22)23(28)27-26-15-17-5-3-7-21(13-17)32-24(29)18-9-11-20(30-2)12-10-18/h3-16H,1-2H3,(H,27,28)/b26-15+. The van der Waals surface area contributed by atoms with Gasteiger partial charge in [-0.05, 0) is 67.1 Å². The SMILES string of the molecule is COc1ccc(C(=O)Oc2cccc(/C=N/NC(=O)C(C)Oc3cccc(Cl)c3)c2)cc1. The van der Waals surface area contributed by atoms with Gasteiger partial charge < -0.3 is 14.2 Å². The van der Waals surface area contributed by atoms with Crippen molar-refractivity contribution in [2.24, 2.45) is 5.10 Å². The molecule has 0 aliphatic rings. The fourth-order valence-corrected chi connectivity index (χ4v) is 2.79. The van der Waals surface area contributed by atoms with Crippen molar-refractivity contribution < 1.29 is 23.8 Å². The van der Waals surface area contributed by atoms with E-state index >= 15 is 0 Å². The Labute approximate surface area is 190 Å². The van der Waals surface area contributed by atoms with E-state index in [0.29, 0.717) is 33.4 Å². The number of methoxy groups -OCH3 is 1. The molecule has 1 unspecified atom stereocenters. The molecule has 0 aromatic heterocycles. The Balaban J connectivity index is 1.55. The molecular weight excluding hydrogens is 432 g/mol. The average Bonchev–Trinajstić information content (AvgIpc) is 2.79. The van der Waals surface area contributed by atoms with E-state index in [-0.39, 0.29) is 0 Å². The van der Waals surface area contributed by atoms with Crippen LogP contribution in [0.25, 0.3) is 0 Å². The third-order valence-corrected chi connectivity index (χ3v) is 4.50. The van der Waals surface area contributed by atoms with Crippen LogP contribution in [0.1, 0.15) is 22.8 Å². The number of esters is 1. The minimum Gasteiger partial charge on any atom is -0.497 e. The van der Waals surface area contributed by atoms with E-state index in [1.165, 1.54) is 6.21 Å². The van der Waals surface area contributed by atoms with Crippen molar-refractivity contribution in [1.82, 2.24) is 5.43 Å². The van der Waals surface area contributed by atoms with Crippen LogP contribution >= 0.6 is 11.6 Å². The highest BCUT2D eigenvalue weighted by Gasteiger charge is 2.14. The fraction of sp³-hybridized carbons (Fsp3) is 0.125. The Bertz CT molecular complexity index is 1120. The molecule has 0 aliphatic carbocycles. The van der Waals surface area contributed by atoms with E-state index < -0.39 is 18.0 Å². The first-order valence-corrected chi connectivity index (χ1v) is 10.0. The molecule has 3 aromatic carbocycles. The summed E-state index contributed by atoms with van der Waals surface area (Å²) < 4.78 is 16.0. The summed E-state index contributed by atoms with van der Waals surface area (Å²) in [5.41, 5.74) is 3.44. The Morgan fingerprint density at radius 3 is 2.41 bits per heavy atom. The second-order valence-electron chi connectivity index (χ2n) is 6.64. The van der Waals surface area contributed by atoms with Crippen molar-refractivity contribution >= 4 is 29.7 Å². The highest BCUT2D eigenvalue weighted by atomic mass is 35.5. The first-order valence-electron chi connectivity index (χ1n) is 9.66. The van der Waals surface area contributed by atoms with Gasteiger partial charge in [-0.2, -0.15) is 5.10 Å². The van der Waals surface area contributed by atoms with Gasteiger partial charge in [0.25, 0.3) is 5.91 Å². The van der Waals surface area contributed by atoms with E-state index in [2.05, 4.69) is 10.5 Å². The van der Waals surface area contributed by atoms with Crippen LogP contribution in [0.3, 0.4) is 0 Å². The number of amides is 1. The number of ether oxygens (including phenoxy) is 3. The largest absolute Gasteiger partial charge is 0.497 e. The van der Waals surface area contributed by atoms with Crippen molar-refractivity contribution in [1.29, 1.82) is 0 Å². The Morgan fingerprint density at radius 2 is 1.69 bits per heavy atom. The molecule has 0 heterocycles. The molecule has 1 atom stereocenters. The summed E-state index contributed by atoms with van der Waals surface area (Å²) in [7, 11) is 1.55. The van der Waals surface area contributed by atoms with E-state index in [1.54, 1.807) is 86.8 Å². The van der Waals surface area contributed by atoms with Gasteiger partial charge in [0.1, 0.15) is 17.2 Å². The van der Waals surface area contributed by atoms with E-state index in [0.717, 1.165) is 0 Å². The van der Waals surface area contributed by atoms with Crippen LogP contribution in [0.4, 0.5) is 0 Å². The quantitative estimate of drug-likeness (QED) is 0.235. The topological polar surface area (TPSA) is 86.2 Å². The second-order valence-corrected chi connectivity index (χ2v) is 7.08. The van der Waals surface area contributed by atoms with Crippen LogP contribution in [-0.4, -0.2) is 31.3 Å². The number of nitrogens with zero attached hydrogens (tertiary/aromatic N) is 1. The molecule has 8 heteroatoms. The fourth-order valence-electron chi connectivity index (χ4n) is 2.61. The lowest BCUT2D eigenvalue weighted by Crippen LogP contribution is -2.33. The molecule has 3 rings (SSSR count). The molecule has 1 amide bonds. The van der Waals surface area contributed by atoms with Crippen LogP contribution in [0.15, 0.2) is 77.9 Å². The molecule has 0 saturated heterocycles. The van der Waals surface area contributed by atoms with Crippen molar-refractivity contribution in [3.05, 3.63) is 88.9 Å². The summed E-state index contributed by atoms with van der Waals surface area (Å²) in [6, 6.07) is 20.1. The number of nitrogens with one attached hydrogen (secondary N) is 1. The van der Waals surface area contributed by atoms with Gasteiger partial charge in [0.05, 0.1) is 18.9 Å². The monoisotopic (exact) mass is 452 g/mol. The molecule has 0 saturated carbocycles. The Hall–Kier alpha value is -3.84. The third-order valence-electron chi connectivity index (χ3n) is 4.26. The highest BCUT2D eigenvalue weighted by Crippen LogP contribution is 2.19. The number of halogens is 1. The molecule has 0 aliphatic heterocycles. The molecule has 0 radical (unpaired) electrons. The van der Waals surface area contributed by atoms with E-state index in [9.17, 15) is 9.59 Å². The van der Waals surface area contributed by atoms with Crippen molar-refractivity contribution in [2.75, 3.05) is 7.11 Å². The summed E-state index contributed by atoms with van der Waals surface area (Å²) in [5.74, 6) is 0.550. The zero-order valence-corrected chi connectivity index (χ0v) is 18.2. The van der Waals surface area contributed by atoms with Crippen LogP contribution in [0.2, 0.25) is 5.02 Å². The predicted octanol–water partition coefficient (Wildman–Crippen LogP) is 4.49. The third kappa shape index (κ3) is 6.58. The van der Waals surface area contributed by atoms with E-state index in [1.807, 2.05) is 0 Å². The first-order chi connectivity index (χ1) is 15.4. The van der Waals surface area contributed by atoms with Gasteiger partial charge in [-0.3, -0.25) is 4.79 Å². The molecule has 7 nitrogen and oxygen atoms in total. The number of hydrazone groups is 1. The maximum Gasteiger partial charge on any atom is 0.343 e. The van der Waals surface area contributed by atoms with Gasteiger partial charge in [-0.15, -0.1) is 0 Å². The van der Waals surface area contributed by atoms with Gasteiger partial charge in [0.2, 0.25) is 0 Å². The zero-order valence-electron chi connectivity index (χ0n) is 17.4. The molecular formula is C24H21ClN2O5. The highest BCUT2D eigenvalue weighted by molar-refractivity contribution is 6.30. The lowest BCUT2D eigenvalue weighted by molar-refractivity contribution is -0.127. The maximum absolute atomic E-state index is 12.3. The summed E-state index contributed by atoms with van der Waals surface area (Å²) in [4.78, 5) is 24.5. The summed E-state index contributed by atoms with van der Waals surface area (Å²) in [6.07, 6.45) is 0.664. The van der Waals surface area contributed by atoms with Gasteiger partial charge >= 0.3 is 5.97 Å². The zero-order chi connectivity index (χ0) is 22.9. The average molecular weight is 453 g/mol. The molecule has 0 fully saturated rings. The van der Waals surface area contributed by atoms with Gasteiger partial charge in [0, 0.05) is 5.02 Å². The maximum atomic E-state index is 12.3. The molecule has 0 bridgehead atoms.